The largest absolute Gasteiger partial charge is 0.260 e. The van der Waals surface area contributed by atoms with Gasteiger partial charge in [-0.15, -0.1) is 0 Å². The summed E-state index contributed by atoms with van der Waals surface area (Å²) in [5.74, 6) is 0. The van der Waals surface area contributed by atoms with Crippen LogP contribution in [0.25, 0.3) is 11.1 Å². The highest BCUT2D eigenvalue weighted by molar-refractivity contribution is 7.92. The van der Waals surface area contributed by atoms with Crippen LogP contribution in [0.3, 0.4) is 0 Å². The molecule has 4 rings (SSSR count). The van der Waals surface area contributed by atoms with Gasteiger partial charge in [-0.3, -0.25) is 4.98 Å². The maximum Gasteiger partial charge on any atom is 0.238 e. The first-order chi connectivity index (χ1) is 16.1. The van der Waals surface area contributed by atoms with Crippen molar-refractivity contribution >= 4 is 19.9 Å². The fourth-order valence-electron chi connectivity index (χ4n) is 4.02. The van der Waals surface area contributed by atoms with Gasteiger partial charge in [-0.2, -0.15) is 0 Å². The Kier molecular flexibility index (Phi) is 6.40. The van der Waals surface area contributed by atoms with Gasteiger partial charge in [-0.25, -0.2) is 22.0 Å². The Labute approximate surface area is 200 Å². The fraction of sp³-hybridized carbons (Fsp3) is 0.115. The molecule has 0 spiro atoms. The molecule has 6 nitrogen and oxygen atoms in total. The van der Waals surface area contributed by atoms with Gasteiger partial charge in [0.05, 0.1) is 15.5 Å². The number of hydrogen-bond donors (Lipinski definition) is 1. The average Bonchev–Trinajstić information content (AvgIpc) is 2.84. The number of primary sulfonamides is 1. The van der Waals surface area contributed by atoms with Crippen LogP contribution in [0.5, 0.6) is 0 Å². The van der Waals surface area contributed by atoms with E-state index in [0.717, 1.165) is 5.56 Å². The van der Waals surface area contributed by atoms with E-state index in [0.29, 0.717) is 16.8 Å². The minimum Gasteiger partial charge on any atom is -0.260 e. The van der Waals surface area contributed by atoms with Crippen molar-refractivity contribution in [1.82, 2.24) is 4.98 Å². The van der Waals surface area contributed by atoms with Crippen LogP contribution in [0.4, 0.5) is 0 Å². The molecular weight excluding hydrogens is 468 g/mol. The average molecular weight is 493 g/mol. The van der Waals surface area contributed by atoms with Crippen LogP contribution in [0, 0.1) is 0 Å². The Hall–Kier alpha value is -3.33. The monoisotopic (exact) mass is 492 g/mol. The Morgan fingerprint density at radius 1 is 0.794 bits per heavy atom. The third-order valence-electron chi connectivity index (χ3n) is 5.83. The summed E-state index contributed by atoms with van der Waals surface area (Å²) in [5, 5.41) is 5.30. The standard InChI is InChI=1S/C26H24N2O4S2/c1-26(25-16-7-8-17-28-25,19-20-10-9-13-22(18-20)34(27,31)32)33(29,30)24-15-6-5-14-23(24)21-11-3-2-4-12-21/h2-18H,19H2,1H3,(H2,27,31,32). The highest BCUT2D eigenvalue weighted by Gasteiger charge is 2.44. The molecule has 0 radical (unpaired) electrons. The second-order valence-electron chi connectivity index (χ2n) is 8.18. The minimum atomic E-state index is -4.02. The summed E-state index contributed by atoms with van der Waals surface area (Å²) in [6, 6.07) is 27.4. The Balaban J connectivity index is 1.92. The number of sulfone groups is 1. The van der Waals surface area contributed by atoms with E-state index in [2.05, 4.69) is 4.98 Å². The first-order valence-electron chi connectivity index (χ1n) is 10.6. The van der Waals surface area contributed by atoms with Gasteiger partial charge < -0.3 is 0 Å². The van der Waals surface area contributed by atoms with Gasteiger partial charge in [0, 0.05) is 11.8 Å². The van der Waals surface area contributed by atoms with E-state index in [-0.39, 0.29) is 16.2 Å². The number of nitrogens with zero attached hydrogens (tertiary/aromatic N) is 1. The zero-order valence-electron chi connectivity index (χ0n) is 18.5. The van der Waals surface area contributed by atoms with Gasteiger partial charge in [-0.05, 0) is 54.8 Å². The van der Waals surface area contributed by atoms with E-state index >= 15 is 0 Å². The molecule has 2 N–H and O–H groups in total. The summed E-state index contributed by atoms with van der Waals surface area (Å²) in [5.41, 5.74) is 2.24. The van der Waals surface area contributed by atoms with Crippen molar-refractivity contribution in [3.8, 4) is 11.1 Å². The van der Waals surface area contributed by atoms with Crippen molar-refractivity contribution in [1.29, 1.82) is 0 Å². The summed E-state index contributed by atoms with van der Waals surface area (Å²) in [6.07, 6.45) is 1.55. The van der Waals surface area contributed by atoms with Crippen LogP contribution in [0.1, 0.15) is 18.2 Å². The van der Waals surface area contributed by atoms with E-state index in [9.17, 15) is 16.8 Å². The molecule has 0 bridgehead atoms. The van der Waals surface area contributed by atoms with Gasteiger partial charge >= 0.3 is 0 Å². The van der Waals surface area contributed by atoms with Crippen molar-refractivity contribution in [2.24, 2.45) is 5.14 Å². The molecule has 1 heterocycles. The number of nitrogens with two attached hydrogens (primary N) is 1. The number of aromatic nitrogens is 1. The molecule has 0 aliphatic heterocycles. The zero-order valence-corrected chi connectivity index (χ0v) is 20.1. The number of benzene rings is 3. The lowest BCUT2D eigenvalue weighted by Gasteiger charge is -2.30. The predicted octanol–water partition coefficient (Wildman–Crippen LogP) is 4.33. The first-order valence-corrected chi connectivity index (χ1v) is 13.6. The van der Waals surface area contributed by atoms with Crippen molar-refractivity contribution in [3.63, 3.8) is 0 Å². The number of hydrogen-bond acceptors (Lipinski definition) is 5. The molecule has 1 atom stereocenters. The van der Waals surface area contributed by atoms with Crippen molar-refractivity contribution in [2.75, 3.05) is 0 Å². The van der Waals surface area contributed by atoms with E-state index in [1.807, 2.05) is 30.3 Å². The SMILES string of the molecule is CC(Cc1cccc(S(N)(=O)=O)c1)(c1ccccn1)S(=O)(=O)c1ccccc1-c1ccccc1. The fourth-order valence-corrected chi connectivity index (χ4v) is 6.58. The maximum atomic E-state index is 14.4. The van der Waals surface area contributed by atoms with E-state index in [4.69, 9.17) is 5.14 Å². The molecule has 0 saturated heterocycles. The maximum absolute atomic E-state index is 14.4. The molecule has 34 heavy (non-hydrogen) atoms. The third-order valence-corrected chi connectivity index (χ3v) is 9.22. The second-order valence-corrected chi connectivity index (χ2v) is 12.1. The third kappa shape index (κ3) is 4.52. The summed E-state index contributed by atoms with van der Waals surface area (Å²) >= 11 is 0. The molecule has 174 valence electrons. The molecule has 4 aromatic rings. The van der Waals surface area contributed by atoms with Crippen molar-refractivity contribution in [2.45, 2.75) is 27.9 Å². The van der Waals surface area contributed by atoms with Crippen LogP contribution in [0.15, 0.2) is 113 Å². The van der Waals surface area contributed by atoms with E-state index in [1.165, 1.54) is 12.1 Å². The quantitative estimate of drug-likeness (QED) is 0.413. The lowest BCUT2D eigenvalue weighted by atomic mass is 9.96. The lowest BCUT2D eigenvalue weighted by molar-refractivity contribution is 0.529. The lowest BCUT2D eigenvalue weighted by Crippen LogP contribution is -2.36. The smallest absolute Gasteiger partial charge is 0.238 e. The molecule has 0 amide bonds. The first kappa shape index (κ1) is 23.8. The normalized spacial score (nSPS) is 13.8. The highest BCUT2D eigenvalue weighted by atomic mass is 32.2. The molecule has 3 aromatic carbocycles. The molecule has 1 aromatic heterocycles. The second kappa shape index (κ2) is 9.13. The molecular formula is C26H24N2O4S2. The number of pyridine rings is 1. The van der Waals surface area contributed by atoms with Crippen molar-refractivity contribution < 1.29 is 16.8 Å². The Morgan fingerprint density at radius 3 is 2.15 bits per heavy atom. The van der Waals surface area contributed by atoms with Gasteiger partial charge in [0.2, 0.25) is 10.0 Å². The van der Waals surface area contributed by atoms with Crippen LogP contribution in [0.2, 0.25) is 0 Å². The Morgan fingerprint density at radius 2 is 1.47 bits per heavy atom. The number of sulfonamides is 1. The van der Waals surface area contributed by atoms with Crippen LogP contribution in [-0.2, 0) is 31.0 Å². The molecule has 0 fully saturated rings. The summed E-state index contributed by atoms with van der Waals surface area (Å²) in [4.78, 5) is 4.49. The van der Waals surface area contributed by atoms with Crippen LogP contribution < -0.4 is 5.14 Å². The van der Waals surface area contributed by atoms with Gasteiger partial charge in [0.15, 0.2) is 9.84 Å². The summed E-state index contributed by atoms with van der Waals surface area (Å²) in [7, 11) is -7.96. The topological polar surface area (TPSA) is 107 Å². The van der Waals surface area contributed by atoms with Crippen LogP contribution in [-0.4, -0.2) is 21.8 Å². The van der Waals surface area contributed by atoms with Crippen LogP contribution >= 0.6 is 0 Å². The van der Waals surface area contributed by atoms with Crippen molar-refractivity contribution in [3.05, 3.63) is 115 Å². The zero-order chi connectivity index (χ0) is 24.4. The Bertz CT molecular complexity index is 1520. The minimum absolute atomic E-state index is 0.00116. The number of rotatable bonds is 7. The van der Waals surface area contributed by atoms with E-state index in [1.54, 1.807) is 67.7 Å². The summed E-state index contributed by atoms with van der Waals surface area (Å²) < 4.78 is 51.0. The molecule has 0 aliphatic rings. The molecule has 0 saturated carbocycles. The van der Waals surface area contributed by atoms with Gasteiger partial charge in [0.25, 0.3) is 0 Å². The molecule has 1 unspecified atom stereocenters. The van der Waals surface area contributed by atoms with E-state index < -0.39 is 24.6 Å². The summed E-state index contributed by atoms with van der Waals surface area (Å²) in [6.45, 7) is 1.62. The molecule has 8 heteroatoms. The predicted molar refractivity (Wildman–Crippen MR) is 132 cm³/mol. The van der Waals surface area contributed by atoms with Gasteiger partial charge in [0.1, 0.15) is 4.75 Å². The van der Waals surface area contributed by atoms with Gasteiger partial charge in [-0.1, -0.05) is 66.7 Å². The highest BCUT2D eigenvalue weighted by Crippen LogP contribution is 2.41. The molecule has 0 aliphatic carbocycles.